The van der Waals surface area contributed by atoms with Crippen LogP contribution in [0.1, 0.15) is 18.2 Å². The van der Waals surface area contributed by atoms with Gasteiger partial charge in [-0.3, -0.25) is 4.98 Å². The Kier molecular flexibility index (Phi) is 3.64. The first kappa shape index (κ1) is 12.7. The van der Waals surface area contributed by atoms with Gasteiger partial charge in [0.05, 0.1) is 5.52 Å². The Hall–Kier alpha value is -2.35. The molecule has 1 aromatic heterocycles. The standard InChI is InChI=1S/C18H16NO/c1-2-15-12-14(13-20-16-8-4-3-5-9-16)17-10-6-7-11-18(17)19-15/h4-12H,2,13H2,1H3. The van der Waals surface area contributed by atoms with E-state index < -0.39 is 0 Å². The van der Waals surface area contributed by atoms with Crippen LogP contribution in [0.4, 0.5) is 0 Å². The van der Waals surface area contributed by atoms with Crippen molar-refractivity contribution in [3.05, 3.63) is 71.9 Å². The lowest BCUT2D eigenvalue weighted by molar-refractivity contribution is 0.307. The second-order valence-electron chi connectivity index (χ2n) is 4.67. The maximum Gasteiger partial charge on any atom is 0.119 e. The molecule has 0 bridgehead atoms. The van der Waals surface area contributed by atoms with Crippen molar-refractivity contribution in [2.75, 3.05) is 0 Å². The van der Waals surface area contributed by atoms with E-state index in [2.05, 4.69) is 36.2 Å². The highest BCUT2D eigenvalue weighted by Crippen LogP contribution is 2.20. The minimum Gasteiger partial charge on any atom is -0.489 e. The van der Waals surface area contributed by atoms with Gasteiger partial charge in [0.25, 0.3) is 0 Å². The Morgan fingerprint density at radius 1 is 1.10 bits per heavy atom. The van der Waals surface area contributed by atoms with Crippen LogP contribution in [0, 0.1) is 6.07 Å². The Bertz CT molecular complexity index is 707. The molecule has 20 heavy (non-hydrogen) atoms. The molecule has 2 nitrogen and oxygen atoms in total. The maximum atomic E-state index is 5.85. The first-order chi connectivity index (χ1) is 9.86. The van der Waals surface area contributed by atoms with Crippen LogP contribution in [0.25, 0.3) is 10.9 Å². The zero-order chi connectivity index (χ0) is 13.8. The van der Waals surface area contributed by atoms with Crippen molar-refractivity contribution in [1.82, 2.24) is 4.98 Å². The molecule has 3 rings (SSSR count). The molecule has 2 heteroatoms. The lowest BCUT2D eigenvalue weighted by atomic mass is 10.1. The molecular weight excluding hydrogens is 246 g/mol. The summed E-state index contributed by atoms with van der Waals surface area (Å²) in [6, 6.07) is 20.9. The second kappa shape index (κ2) is 5.74. The lowest BCUT2D eigenvalue weighted by Gasteiger charge is -2.10. The van der Waals surface area contributed by atoms with Crippen molar-refractivity contribution < 1.29 is 4.74 Å². The third-order valence-corrected chi connectivity index (χ3v) is 3.30. The largest absolute Gasteiger partial charge is 0.489 e. The quantitative estimate of drug-likeness (QED) is 0.703. The van der Waals surface area contributed by atoms with Gasteiger partial charge in [-0.05, 0) is 36.8 Å². The summed E-state index contributed by atoms with van der Waals surface area (Å²) in [6.45, 7) is 2.68. The number of benzene rings is 2. The third kappa shape index (κ3) is 2.64. The van der Waals surface area contributed by atoms with Crippen molar-refractivity contribution in [3.63, 3.8) is 0 Å². The third-order valence-electron chi connectivity index (χ3n) is 3.30. The number of hydrogen-bond acceptors (Lipinski definition) is 2. The van der Waals surface area contributed by atoms with E-state index in [0.29, 0.717) is 6.61 Å². The molecule has 0 atom stereocenters. The molecule has 0 fully saturated rings. The Labute approximate surface area is 119 Å². The van der Waals surface area contributed by atoms with Crippen LogP contribution in [-0.2, 0) is 13.0 Å². The van der Waals surface area contributed by atoms with Gasteiger partial charge in [0.15, 0.2) is 0 Å². The van der Waals surface area contributed by atoms with E-state index in [1.807, 2.05) is 36.4 Å². The highest BCUT2D eigenvalue weighted by Gasteiger charge is 2.05. The highest BCUT2D eigenvalue weighted by atomic mass is 16.5. The molecule has 0 aliphatic rings. The molecule has 0 aliphatic heterocycles. The number of rotatable bonds is 4. The normalized spacial score (nSPS) is 10.7. The van der Waals surface area contributed by atoms with Gasteiger partial charge in [0.2, 0.25) is 0 Å². The van der Waals surface area contributed by atoms with Gasteiger partial charge in [-0.15, -0.1) is 0 Å². The van der Waals surface area contributed by atoms with Crippen molar-refractivity contribution in [2.45, 2.75) is 20.0 Å². The van der Waals surface area contributed by atoms with Crippen molar-refractivity contribution in [3.8, 4) is 5.75 Å². The molecule has 0 aliphatic carbocycles. The lowest BCUT2D eigenvalue weighted by Crippen LogP contribution is -1.99. The van der Waals surface area contributed by atoms with Gasteiger partial charge < -0.3 is 4.74 Å². The molecule has 0 N–H and O–H groups in total. The first-order valence-electron chi connectivity index (χ1n) is 6.83. The van der Waals surface area contributed by atoms with Gasteiger partial charge in [0, 0.05) is 16.6 Å². The van der Waals surface area contributed by atoms with E-state index in [0.717, 1.165) is 28.8 Å². The topological polar surface area (TPSA) is 22.1 Å². The van der Waals surface area contributed by atoms with Crippen LogP contribution >= 0.6 is 0 Å². The van der Waals surface area contributed by atoms with Gasteiger partial charge in [-0.2, -0.15) is 0 Å². The van der Waals surface area contributed by atoms with Gasteiger partial charge in [-0.25, -0.2) is 0 Å². The molecule has 3 aromatic rings. The van der Waals surface area contributed by atoms with E-state index in [4.69, 9.17) is 4.74 Å². The number of aryl methyl sites for hydroxylation is 1. The monoisotopic (exact) mass is 262 g/mol. The average Bonchev–Trinajstić information content (AvgIpc) is 2.53. The molecule has 0 spiro atoms. The minimum atomic E-state index is 0.556. The summed E-state index contributed by atoms with van der Waals surface area (Å²) in [5.74, 6) is 0.864. The summed E-state index contributed by atoms with van der Waals surface area (Å²) in [4.78, 5) is 4.65. The van der Waals surface area contributed by atoms with E-state index >= 15 is 0 Å². The molecular formula is C18H16NO. The van der Waals surface area contributed by atoms with Gasteiger partial charge >= 0.3 is 0 Å². The molecule has 0 saturated carbocycles. The SMILES string of the molecule is CCc1cc(COc2cc[c]cc2)c2ccccc2n1. The molecule has 0 unspecified atom stereocenters. The fourth-order valence-electron chi connectivity index (χ4n) is 2.24. The number of aromatic nitrogens is 1. The van der Waals surface area contributed by atoms with Crippen molar-refractivity contribution in [2.24, 2.45) is 0 Å². The highest BCUT2D eigenvalue weighted by molar-refractivity contribution is 5.82. The summed E-state index contributed by atoms with van der Waals surface area (Å²) in [7, 11) is 0. The number of para-hydroxylation sites is 1. The van der Waals surface area contributed by atoms with Crippen LogP contribution in [0.15, 0.2) is 54.6 Å². The predicted octanol–water partition coefficient (Wildman–Crippen LogP) is 4.18. The fourth-order valence-corrected chi connectivity index (χ4v) is 2.24. The predicted molar refractivity (Wildman–Crippen MR) is 80.7 cm³/mol. The summed E-state index contributed by atoms with van der Waals surface area (Å²) >= 11 is 0. The second-order valence-corrected chi connectivity index (χ2v) is 4.67. The fraction of sp³-hybridized carbons (Fsp3) is 0.167. The summed E-state index contributed by atoms with van der Waals surface area (Å²) in [5.41, 5.74) is 3.32. The molecule has 2 aromatic carbocycles. The summed E-state index contributed by atoms with van der Waals surface area (Å²) in [6.07, 6.45) is 0.929. The first-order valence-corrected chi connectivity index (χ1v) is 6.83. The summed E-state index contributed by atoms with van der Waals surface area (Å²) < 4.78 is 5.85. The number of hydrogen-bond donors (Lipinski definition) is 0. The van der Waals surface area contributed by atoms with Crippen LogP contribution < -0.4 is 4.74 Å². The molecule has 99 valence electrons. The number of nitrogens with zero attached hydrogens (tertiary/aromatic N) is 1. The molecule has 0 amide bonds. The van der Waals surface area contributed by atoms with E-state index in [1.54, 1.807) is 0 Å². The van der Waals surface area contributed by atoms with Crippen molar-refractivity contribution >= 4 is 10.9 Å². The number of fused-ring (bicyclic) bond motifs is 1. The van der Waals surface area contributed by atoms with Gasteiger partial charge in [-0.1, -0.05) is 37.3 Å². The van der Waals surface area contributed by atoms with E-state index in [1.165, 1.54) is 5.56 Å². The van der Waals surface area contributed by atoms with Crippen LogP contribution in [0.5, 0.6) is 5.75 Å². The molecule has 1 heterocycles. The molecule has 1 radical (unpaired) electrons. The smallest absolute Gasteiger partial charge is 0.119 e. The zero-order valence-corrected chi connectivity index (χ0v) is 11.5. The van der Waals surface area contributed by atoms with Crippen LogP contribution in [-0.4, -0.2) is 4.98 Å². The summed E-state index contributed by atoms with van der Waals surface area (Å²) in [5, 5.41) is 1.16. The van der Waals surface area contributed by atoms with Crippen molar-refractivity contribution in [1.29, 1.82) is 0 Å². The minimum absolute atomic E-state index is 0.556. The Morgan fingerprint density at radius 2 is 1.90 bits per heavy atom. The Morgan fingerprint density at radius 3 is 2.70 bits per heavy atom. The zero-order valence-electron chi connectivity index (χ0n) is 11.5. The molecule has 0 saturated heterocycles. The van der Waals surface area contributed by atoms with Crippen LogP contribution in [0.2, 0.25) is 0 Å². The number of pyridine rings is 1. The Balaban J connectivity index is 1.93. The van der Waals surface area contributed by atoms with Crippen LogP contribution in [0.3, 0.4) is 0 Å². The van der Waals surface area contributed by atoms with Gasteiger partial charge in [0.1, 0.15) is 12.4 Å². The van der Waals surface area contributed by atoms with E-state index in [-0.39, 0.29) is 0 Å². The number of ether oxygens (including phenoxy) is 1. The maximum absolute atomic E-state index is 5.85. The average molecular weight is 262 g/mol. The van der Waals surface area contributed by atoms with E-state index in [9.17, 15) is 0 Å².